The van der Waals surface area contributed by atoms with Crippen LogP contribution in [0.3, 0.4) is 0 Å². The first-order chi connectivity index (χ1) is 7.22. The van der Waals surface area contributed by atoms with Crippen molar-refractivity contribution in [2.75, 3.05) is 5.73 Å². The van der Waals surface area contributed by atoms with Crippen molar-refractivity contribution in [2.24, 2.45) is 7.05 Å². The summed E-state index contributed by atoms with van der Waals surface area (Å²) in [6, 6.07) is 13.5. The van der Waals surface area contributed by atoms with Gasteiger partial charge in [-0.2, -0.15) is 5.26 Å². The number of rotatable bonds is 1. The Morgan fingerprint density at radius 1 is 1.13 bits per heavy atom. The van der Waals surface area contributed by atoms with Crippen molar-refractivity contribution in [1.82, 2.24) is 4.57 Å². The van der Waals surface area contributed by atoms with Gasteiger partial charge in [-0.05, 0) is 29.8 Å². The number of nitrogens with zero attached hydrogens (tertiary/aromatic N) is 2. The number of anilines is 1. The fraction of sp³-hybridized carbons (Fsp3) is 0.0833. The topological polar surface area (TPSA) is 54.7 Å². The predicted octanol–water partition coefficient (Wildman–Crippen LogP) is 2.15. The Bertz CT molecular complexity index is 515. The lowest BCUT2D eigenvalue weighted by Gasteiger charge is -2.04. The number of nitrogen functional groups attached to an aromatic ring is 1. The van der Waals surface area contributed by atoms with Crippen LogP contribution in [0, 0.1) is 11.3 Å². The molecular weight excluding hydrogens is 186 g/mol. The molecule has 0 aliphatic rings. The minimum atomic E-state index is 0.654. The molecule has 1 aromatic heterocycles. The van der Waals surface area contributed by atoms with Gasteiger partial charge in [0.15, 0.2) is 0 Å². The fourth-order valence-electron chi connectivity index (χ4n) is 1.57. The zero-order chi connectivity index (χ0) is 10.8. The van der Waals surface area contributed by atoms with Crippen LogP contribution in [-0.2, 0) is 7.05 Å². The number of hydrogen-bond donors (Lipinski definition) is 1. The van der Waals surface area contributed by atoms with E-state index in [1.807, 2.05) is 48.0 Å². The van der Waals surface area contributed by atoms with Gasteiger partial charge in [-0.1, -0.05) is 12.1 Å². The van der Waals surface area contributed by atoms with Crippen molar-refractivity contribution in [3.05, 3.63) is 42.1 Å². The van der Waals surface area contributed by atoms with Gasteiger partial charge in [0.1, 0.15) is 11.8 Å². The smallest absolute Gasteiger partial charge is 0.120 e. The highest BCUT2D eigenvalue weighted by atomic mass is 15.0. The molecule has 0 saturated heterocycles. The van der Waals surface area contributed by atoms with E-state index in [0.29, 0.717) is 5.69 Å². The monoisotopic (exact) mass is 197 g/mol. The van der Waals surface area contributed by atoms with Crippen LogP contribution < -0.4 is 5.73 Å². The SMILES string of the molecule is Cn1c(C#N)ccc1-c1ccc(N)cc1. The molecule has 0 aliphatic heterocycles. The highest BCUT2D eigenvalue weighted by molar-refractivity contribution is 5.64. The summed E-state index contributed by atoms with van der Waals surface area (Å²) in [7, 11) is 1.88. The molecular formula is C12H11N3. The Labute approximate surface area is 88.4 Å². The van der Waals surface area contributed by atoms with Gasteiger partial charge in [0.25, 0.3) is 0 Å². The zero-order valence-corrected chi connectivity index (χ0v) is 8.44. The van der Waals surface area contributed by atoms with E-state index in [0.717, 1.165) is 16.9 Å². The number of benzene rings is 1. The Hall–Kier alpha value is -2.21. The van der Waals surface area contributed by atoms with Crippen LogP contribution in [0.2, 0.25) is 0 Å². The quantitative estimate of drug-likeness (QED) is 0.712. The average molecular weight is 197 g/mol. The third-order valence-corrected chi connectivity index (χ3v) is 2.44. The van der Waals surface area contributed by atoms with Crippen molar-refractivity contribution in [3.8, 4) is 17.3 Å². The highest BCUT2D eigenvalue weighted by Gasteiger charge is 2.05. The third-order valence-electron chi connectivity index (χ3n) is 2.44. The minimum absolute atomic E-state index is 0.654. The number of aromatic nitrogens is 1. The predicted molar refractivity (Wildman–Crippen MR) is 60.0 cm³/mol. The van der Waals surface area contributed by atoms with Crippen molar-refractivity contribution in [2.45, 2.75) is 0 Å². The first-order valence-corrected chi connectivity index (χ1v) is 4.64. The summed E-state index contributed by atoms with van der Waals surface area (Å²) in [4.78, 5) is 0. The largest absolute Gasteiger partial charge is 0.399 e. The third kappa shape index (κ3) is 1.57. The molecule has 1 heterocycles. The summed E-state index contributed by atoms with van der Waals surface area (Å²) in [6.07, 6.45) is 0. The maximum Gasteiger partial charge on any atom is 0.120 e. The van der Waals surface area contributed by atoms with Gasteiger partial charge in [0.05, 0.1) is 0 Å². The van der Waals surface area contributed by atoms with E-state index in [9.17, 15) is 0 Å². The highest BCUT2D eigenvalue weighted by Crippen LogP contribution is 2.22. The summed E-state index contributed by atoms with van der Waals surface area (Å²) in [6.45, 7) is 0. The van der Waals surface area contributed by atoms with Crippen LogP contribution >= 0.6 is 0 Å². The molecule has 0 fully saturated rings. The van der Waals surface area contributed by atoms with E-state index in [2.05, 4.69) is 6.07 Å². The molecule has 0 bridgehead atoms. The lowest BCUT2D eigenvalue weighted by Crippen LogP contribution is -1.94. The molecule has 1 aromatic carbocycles. The number of nitrogens with two attached hydrogens (primary N) is 1. The minimum Gasteiger partial charge on any atom is -0.399 e. The molecule has 15 heavy (non-hydrogen) atoms. The number of hydrogen-bond acceptors (Lipinski definition) is 2. The van der Waals surface area contributed by atoms with Gasteiger partial charge >= 0.3 is 0 Å². The van der Waals surface area contributed by atoms with E-state index >= 15 is 0 Å². The molecule has 0 spiro atoms. The van der Waals surface area contributed by atoms with Crippen LogP contribution in [0.25, 0.3) is 11.3 Å². The van der Waals surface area contributed by atoms with Crippen LogP contribution in [0.5, 0.6) is 0 Å². The molecule has 3 nitrogen and oxygen atoms in total. The van der Waals surface area contributed by atoms with Crippen molar-refractivity contribution >= 4 is 5.69 Å². The molecule has 0 unspecified atom stereocenters. The fourth-order valence-corrected chi connectivity index (χ4v) is 1.57. The van der Waals surface area contributed by atoms with Gasteiger partial charge in [0, 0.05) is 18.4 Å². The molecule has 74 valence electrons. The van der Waals surface area contributed by atoms with Crippen molar-refractivity contribution in [1.29, 1.82) is 5.26 Å². The molecule has 0 radical (unpaired) electrons. The second-order valence-electron chi connectivity index (χ2n) is 3.40. The zero-order valence-electron chi connectivity index (χ0n) is 8.44. The maximum atomic E-state index is 8.83. The molecule has 0 aliphatic carbocycles. The first kappa shape index (κ1) is 9.35. The Morgan fingerprint density at radius 3 is 2.33 bits per heavy atom. The van der Waals surface area contributed by atoms with Crippen molar-refractivity contribution in [3.63, 3.8) is 0 Å². The molecule has 0 saturated carbocycles. The second-order valence-corrected chi connectivity index (χ2v) is 3.40. The molecule has 0 atom stereocenters. The normalized spacial score (nSPS) is 9.87. The summed E-state index contributed by atoms with van der Waals surface area (Å²) in [5.41, 5.74) is 9.10. The van der Waals surface area contributed by atoms with Crippen molar-refractivity contribution < 1.29 is 0 Å². The number of nitriles is 1. The lowest BCUT2D eigenvalue weighted by molar-refractivity contribution is 0.917. The molecule has 0 amide bonds. The van der Waals surface area contributed by atoms with Gasteiger partial charge in [0.2, 0.25) is 0 Å². The van der Waals surface area contributed by atoms with Crippen LogP contribution in [0.15, 0.2) is 36.4 Å². The van der Waals surface area contributed by atoms with E-state index < -0.39 is 0 Å². The van der Waals surface area contributed by atoms with Gasteiger partial charge in [-0.3, -0.25) is 0 Å². The first-order valence-electron chi connectivity index (χ1n) is 4.64. The summed E-state index contributed by atoms with van der Waals surface area (Å²) in [5, 5.41) is 8.83. The van der Waals surface area contributed by atoms with Gasteiger partial charge in [-0.25, -0.2) is 0 Å². The van der Waals surface area contributed by atoms with E-state index in [-0.39, 0.29) is 0 Å². The summed E-state index contributed by atoms with van der Waals surface area (Å²) >= 11 is 0. The van der Waals surface area contributed by atoms with E-state index in [1.165, 1.54) is 0 Å². The van der Waals surface area contributed by atoms with E-state index in [4.69, 9.17) is 11.0 Å². The standard InChI is InChI=1S/C12H11N3/c1-15-11(8-13)6-7-12(15)9-2-4-10(14)5-3-9/h2-7H,14H2,1H3. The molecule has 3 heteroatoms. The van der Waals surface area contributed by atoms with Gasteiger partial charge < -0.3 is 10.3 Å². The van der Waals surface area contributed by atoms with Crippen LogP contribution in [-0.4, -0.2) is 4.57 Å². The van der Waals surface area contributed by atoms with Gasteiger partial charge in [-0.15, -0.1) is 0 Å². The molecule has 2 aromatic rings. The molecule has 2 rings (SSSR count). The average Bonchev–Trinajstić information content (AvgIpc) is 2.61. The van der Waals surface area contributed by atoms with E-state index in [1.54, 1.807) is 0 Å². The summed E-state index contributed by atoms with van der Waals surface area (Å²) < 4.78 is 1.87. The second kappa shape index (κ2) is 3.50. The van der Waals surface area contributed by atoms with Crippen LogP contribution in [0.1, 0.15) is 5.69 Å². The molecule has 2 N–H and O–H groups in total. The maximum absolute atomic E-state index is 8.83. The lowest BCUT2D eigenvalue weighted by atomic mass is 10.1. The summed E-state index contributed by atoms with van der Waals surface area (Å²) in [5.74, 6) is 0. The Kier molecular flexibility index (Phi) is 2.18. The Balaban J connectivity index is 2.51. The van der Waals surface area contributed by atoms with Crippen LogP contribution in [0.4, 0.5) is 5.69 Å². The Morgan fingerprint density at radius 2 is 1.80 bits per heavy atom.